The zero-order valence-electron chi connectivity index (χ0n) is 17.1. The van der Waals surface area contributed by atoms with E-state index in [0.29, 0.717) is 17.6 Å². The van der Waals surface area contributed by atoms with Gasteiger partial charge in [-0.05, 0) is 43.0 Å². The number of nitrogens with zero attached hydrogens (tertiary/aromatic N) is 3. The van der Waals surface area contributed by atoms with Crippen LogP contribution in [0, 0.1) is 0 Å². The topological polar surface area (TPSA) is 59.8 Å². The minimum atomic E-state index is -4.52. The number of nitrogens with one attached hydrogen (secondary N) is 1. The number of aromatic nitrogens is 3. The second-order valence-electron chi connectivity index (χ2n) is 7.47. The van der Waals surface area contributed by atoms with E-state index in [4.69, 9.17) is 11.6 Å². The largest absolute Gasteiger partial charge is 0.416 e. The number of carbonyl (C=O) groups is 1. The van der Waals surface area contributed by atoms with Crippen LogP contribution in [-0.2, 0) is 17.5 Å². The molecule has 1 aliphatic carbocycles. The molecule has 0 saturated heterocycles. The number of carbonyl (C=O) groups excluding carboxylic acids is 1. The molecule has 0 radical (unpaired) electrons. The second-order valence-corrected chi connectivity index (χ2v) is 8.82. The van der Waals surface area contributed by atoms with Gasteiger partial charge in [-0.15, -0.1) is 10.2 Å². The average Bonchev–Trinajstić information content (AvgIpc) is 3.45. The van der Waals surface area contributed by atoms with E-state index in [-0.39, 0.29) is 22.4 Å². The second kappa shape index (κ2) is 9.15. The van der Waals surface area contributed by atoms with Crippen LogP contribution >= 0.6 is 23.4 Å². The molecule has 1 heterocycles. The van der Waals surface area contributed by atoms with Crippen LogP contribution in [0.25, 0.3) is 0 Å². The molecular weight excluding hydrogens is 461 g/mol. The van der Waals surface area contributed by atoms with Crippen molar-refractivity contribution in [3.05, 3.63) is 70.5 Å². The van der Waals surface area contributed by atoms with E-state index in [1.807, 2.05) is 29.7 Å². The molecule has 1 aromatic heterocycles. The minimum Gasteiger partial charge on any atom is -0.324 e. The lowest BCUT2D eigenvalue weighted by Gasteiger charge is -2.12. The Balaban J connectivity index is 1.40. The highest BCUT2D eigenvalue weighted by atomic mass is 35.5. The number of rotatable bonds is 7. The minimum absolute atomic E-state index is 0.0303. The van der Waals surface area contributed by atoms with E-state index in [1.165, 1.54) is 17.3 Å². The number of hydrogen-bond donors (Lipinski definition) is 1. The van der Waals surface area contributed by atoms with Crippen molar-refractivity contribution < 1.29 is 18.0 Å². The number of alkyl halides is 3. The molecule has 0 bridgehead atoms. The summed E-state index contributed by atoms with van der Waals surface area (Å²) in [5.41, 5.74) is 0.320. The first-order chi connectivity index (χ1) is 15.3. The van der Waals surface area contributed by atoms with Crippen molar-refractivity contribution >= 4 is 35.0 Å². The van der Waals surface area contributed by atoms with E-state index in [0.717, 1.165) is 30.4 Å². The predicted octanol–water partition coefficient (Wildman–Crippen LogP) is 5.97. The lowest BCUT2D eigenvalue weighted by atomic mass is 10.1. The molecule has 2 unspecified atom stereocenters. The van der Waals surface area contributed by atoms with E-state index in [9.17, 15) is 18.0 Å². The first-order valence-corrected chi connectivity index (χ1v) is 11.4. The molecule has 0 spiro atoms. The maximum absolute atomic E-state index is 12.9. The summed E-state index contributed by atoms with van der Waals surface area (Å²) in [6, 6.07) is 13.1. The van der Waals surface area contributed by atoms with Crippen molar-refractivity contribution in [2.75, 3.05) is 11.1 Å². The Morgan fingerprint density at radius 1 is 1.19 bits per heavy atom. The van der Waals surface area contributed by atoms with Gasteiger partial charge in [0.25, 0.3) is 0 Å². The normalized spacial score (nSPS) is 17.9. The van der Waals surface area contributed by atoms with Gasteiger partial charge in [-0.3, -0.25) is 4.79 Å². The quantitative estimate of drug-likeness (QED) is 0.423. The maximum Gasteiger partial charge on any atom is 0.416 e. The van der Waals surface area contributed by atoms with Crippen LogP contribution in [0.4, 0.5) is 18.9 Å². The van der Waals surface area contributed by atoms with Crippen molar-refractivity contribution in [1.29, 1.82) is 0 Å². The molecule has 2 aromatic carbocycles. The highest BCUT2D eigenvalue weighted by Crippen LogP contribution is 2.54. The van der Waals surface area contributed by atoms with E-state index >= 15 is 0 Å². The van der Waals surface area contributed by atoms with Crippen molar-refractivity contribution in [2.45, 2.75) is 43.1 Å². The summed E-state index contributed by atoms with van der Waals surface area (Å²) in [6.45, 7) is 2.64. The first kappa shape index (κ1) is 22.7. The van der Waals surface area contributed by atoms with Gasteiger partial charge in [0.2, 0.25) is 5.91 Å². The van der Waals surface area contributed by atoms with E-state index in [1.54, 1.807) is 0 Å². The molecule has 1 fully saturated rings. The lowest BCUT2D eigenvalue weighted by Crippen LogP contribution is -2.16. The Kier molecular flexibility index (Phi) is 6.48. The number of halogens is 4. The van der Waals surface area contributed by atoms with Crippen LogP contribution < -0.4 is 5.32 Å². The molecule has 168 valence electrons. The summed E-state index contributed by atoms with van der Waals surface area (Å²) in [6.07, 6.45) is -3.52. The van der Waals surface area contributed by atoms with E-state index < -0.39 is 17.6 Å². The number of anilines is 1. The highest BCUT2D eigenvalue weighted by Gasteiger charge is 2.43. The van der Waals surface area contributed by atoms with Gasteiger partial charge >= 0.3 is 6.18 Å². The van der Waals surface area contributed by atoms with Crippen LogP contribution in [0.5, 0.6) is 0 Å². The third-order valence-corrected chi connectivity index (χ3v) is 6.61. The molecule has 5 nitrogen and oxygen atoms in total. The fourth-order valence-electron chi connectivity index (χ4n) is 3.64. The number of thioether (sulfide) groups is 1. The maximum atomic E-state index is 12.9. The molecule has 1 saturated carbocycles. The molecule has 1 amide bonds. The van der Waals surface area contributed by atoms with Crippen molar-refractivity contribution in [3.8, 4) is 0 Å². The monoisotopic (exact) mass is 480 g/mol. The van der Waals surface area contributed by atoms with Crippen molar-refractivity contribution in [3.63, 3.8) is 0 Å². The van der Waals surface area contributed by atoms with Gasteiger partial charge in [0.15, 0.2) is 5.16 Å². The van der Waals surface area contributed by atoms with E-state index in [2.05, 4.69) is 27.6 Å². The zero-order chi connectivity index (χ0) is 22.9. The third kappa shape index (κ3) is 4.94. The SMILES string of the molecule is CCn1c(SCC(=O)Nc2cc(C(F)(F)F)ccc2Cl)nnc1C1CC1c1ccccc1. The van der Waals surface area contributed by atoms with Gasteiger partial charge in [0.1, 0.15) is 5.82 Å². The number of benzene rings is 2. The molecule has 32 heavy (non-hydrogen) atoms. The Hall–Kier alpha value is -2.52. The van der Waals surface area contributed by atoms with Gasteiger partial charge in [-0.1, -0.05) is 53.7 Å². The van der Waals surface area contributed by atoms with Crippen LogP contribution in [0.3, 0.4) is 0 Å². The lowest BCUT2D eigenvalue weighted by molar-refractivity contribution is -0.137. The average molecular weight is 481 g/mol. The van der Waals surface area contributed by atoms with Gasteiger partial charge in [0, 0.05) is 12.5 Å². The Bertz CT molecular complexity index is 1120. The van der Waals surface area contributed by atoms with Gasteiger partial charge in [0.05, 0.1) is 22.0 Å². The predicted molar refractivity (Wildman–Crippen MR) is 118 cm³/mol. The molecule has 2 atom stereocenters. The van der Waals surface area contributed by atoms with Gasteiger partial charge < -0.3 is 9.88 Å². The standard InChI is InChI=1S/C22H20ClF3N4OS/c1-2-30-20(16-11-15(16)13-6-4-3-5-7-13)28-29-21(30)32-12-19(31)27-18-10-14(22(24,25)26)8-9-17(18)23/h3-10,15-16H,2,11-12H2,1H3,(H,27,31). The molecule has 10 heteroatoms. The summed E-state index contributed by atoms with van der Waals surface area (Å²) in [7, 11) is 0. The molecule has 1 aliphatic rings. The Labute approximate surface area is 192 Å². The summed E-state index contributed by atoms with van der Waals surface area (Å²) in [4.78, 5) is 12.4. The molecular formula is C22H20ClF3N4OS. The Morgan fingerprint density at radius 3 is 2.62 bits per heavy atom. The summed E-state index contributed by atoms with van der Waals surface area (Å²) >= 11 is 7.14. The summed E-state index contributed by atoms with van der Waals surface area (Å²) < 4.78 is 40.8. The first-order valence-electron chi connectivity index (χ1n) is 10.1. The zero-order valence-corrected chi connectivity index (χ0v) is 18.6. The fourth-order valence-corrected chi connectivity index (χ4v) is 4.62. The van der Waals surface area contributed by atoms with Gasteiger partial charge in [-0.2, -0.15) is 13.2 Å². The van der Waals surface area contributed by atoms with Crippen LogP contribution in [0.15, 0.2) is 53.7 Å². The van der Waals surface area contributed by atoms with Crippen LogP contribution in [0.1, 0.15) is 42.1 Å². The smallest absolute Gasteiger partial charge is 0.324 e. The van der Waals surface area contributed by atoms with Gasteiger partial charge in [-0.25, -0.2) is 0 Å². The molecule has 4 rings (SSSR count). The van der Waals surface area contributed by atoms with Crippen LogP contribution in [0.2, 0.25) is 5.02 Å². The van der Waals surface area contributed by atoms with Crippen molar-refractivity contribution in [1.82, 2.24) is 14.8 Å². The summed E-state index contributed by atoms with van der Waals surface area (Å²) in [5.74, 6) is 1.09. The fraction of sp³-hybridized carbons (Fsp3) is 0.318. The van der Waals surface area contributed by atoms with Crippen LogP contribution in [-0.4, -0.2) is 26.4 Å². The molecule has 3 aromatic rings. The molecule has 0 aliphatic heterocycles. The summed E-state index contributed by atoms with van der Waals surface area (Å²) in [5, 5.41) is 11.7. The number of amides is 1. The highest BCUT2D eigenvalue weighted by molar-refractivity contribution is 7.99. The Morgan fingerprint density at radius 2 is 1.94 bits per heavy atom. The van der Waals surface area contributed by atoms with Crippen molar-refractivity contribution in [2.24, 2.45) is 0 Å². The number of hydrogen-bond acceptors (Lipinski definition) is 4. The molecule has 1 N–H and O–H groups in total. The third-order valence-electron chi connectivity index (χ3n) is 5.31.